The van der Waals surface area contributed by atoms with Gasteiger partial charge in [-0.3, -0.25) is 4.79 Å². The zero-order chi connectivity index (χ0) is 8.27. The Labute approximate surface area is 67.5 Å². The average Bonchev–Trinajstić information content (AvgIpc) is 2.04. The molecule has 1 heterocycles. The van der Waals surface area contributed by atoms with Crippen molar-refractivity contribution >= 4 is 5.91 Å². The lowest BCUT2D eigenvalue weighted by molar-refractivity contribution is -0.124. The highest BCUT2D eigenvalue weighted by atomic mass is 16.2. The largest absolute Gasteiger partial charge is 0.358 e. The Morgan fingerprint density at radius 2 is 2.36 bits per heavy atom. The summed E-state index contributed by atoms with van der Waals surface area (Å²) < 4.78 is 0. The molecule has 0 spiro atoms. The monoisotopic (exact) mass is 156 g/mol. The second-order valence-electron chi connectivity index (χ2n) is 3.17. The second kappa shape index (κ2) is 3.72. The van der Waals surface area contributed by atoms with Crippen molar-refractivity contribution in [3.05, 3.63) is 0 Å². The van der Waals surface area contributed by atoms with E-state index in [1.807, 2.05) is 0 Å². The van der Waals surface area contributed by atoms with Crippen molar-refractivity contribution in [2.75, 3.05) is 13.6 Å². The minimum atomic E-state index is 0.0359. The summed E-state index contributed by atoms with van der Waals surface area (Å²) in [6.07, 6.45) is 2.35. The zero-order valence-corrected chi connectivity index (χ0v) is 7.18. The highest BCUT2D eigenvalue weighted by molar-refractivity contribution is 5.81. The number of likely N-dealkylation sites (N-methyl/N-ethyl adjacent to an activating group) is 1. The van der Waals surface area contributed by atoms with Crippen LogP contribution in [0.3, 0.4) is 0 Å². The molecule has 3 nitrogen and oxygen atoms in total. The molecule has 0 saturated carbocycles. The number of hydrogen-bond donors (Lipinski definition) is 2. The van der Waals surface area contributed by atoms with Crippen molar-refractivity contribution in [3.8, 4) is 0 Å². The van der Waals surface area contributed by atoms with E-state index in [2.05, 4.69) is 17.6 Å². The molecule has 0 aromatic rings. The van der Waals surface area contributed by atoms with Gasteiger partial charge in [0.25, 0.3) is 0 Å². The van der Waals surface area contributed by atoms with Crippen LogP contribution in [0.15, 0.2) is 0 Å². The Bertz CT molecular complexity index is 147. The van der Waals surface area contributed by atoms with Gasteiger partial charge >= 0.3 is 0 Å². The number of carbonyl (C=O) groups excluding carboxylic acids is 1. The molecule has 0 aromatic carbocycles. The topological polar surface area (TPSA) is 41.1 Å². The maximum absolute atomic E-state index is 11.2. The molecule has 0 aromatic heterocycles. The van der Waals surface area contributed by atoms with E-state index in [4.69, 9.17) is 0 Å². The van der Waals surface area contributed by atoms with E-state index in [1.54, 1.807) is 7.05 Å². The van der Waals surface area contributed by atoms with Crippen LogP contribution in [-0.2, 0) is 4.79 Å². The third kappa shape index (κ3) is 1.93. The van der Waals surface area contributed by atoms with Gasteiger partial charge in [-0.05, 0) is 25.3 Å². The quantitative estimate of drug-likeness (QED) is 0.566. The van der Waals surface area contributed by atoms with Crippen LogP contribution in [0.25, 0.3) is 0 Å². The van der Waals surface area contributed by atoms with Crippen LogP contribution >= 0.6 is 0 Å². The van der Waals surface area contributed by atoms with Gasteiger partial charge in [0, 0.05) is 7.05 Å². The van der Waals surface area contributed by atoms with E-state index in [1.165, 1.54) is 6.42 Å². The molecule has 1 aliphatic rings. The van der Waals surface area contributed by atoms with Crippen molar-refractivity contribution in [2.45, 2.75) is 25.8 Å². The summed E-state index contributed by atoms with van der Waals surface area (Å²) in [5, 5.41) is 5.87. The summed E-state index contributed by atoms with van der Waals surface area (Å²) >= 11 is 0. The lowest BCUT2D eigenvalue weighted by Crippen LogP contribution is -2.49. The molecule has 2 N–H and O–H groups in total. The standard InChI is InChI=1S/C8H16N2O/c1-6-4-3-5-10-7(6)8(11)9-2/h6-7,10H,3-5H2,1-2H3,(H,9,11). The van der Waals surface area contributed by atoms with Crippen LogP contribution in [0.2, 0.25) is 0 Å². The lowest BCUT2D eigenvalue weighted by Gasteiger charge is -2.28. The van der Waals surface area contributed by atoms with Gasteiger partial charge in [-0.25, -0.2) is 0 Å². The van der Waals surface area contributed by atoms with Crippen LogP contribution in [0.4, 0.5) is 0 Å². The van der Waals surface area contributed by atoms with Gasteiger partial charge in [0.05, 0.1) is 6.04 Å². The predicted octanol–water partition coefficient (Wildman–Crippen LogP) is 0.120. The van der Waals surface area contributed by atoms with E-state index in [0.29, 0.717) is 5.92 Å². The number of carbonyl (C=O) groups is 1. The first kappa shape index (κ1) is 8.53. The summed E-state index contributed by atoms with van der Waals surface area (Å²) in [7, 11) is 1.69. The molecule has 1 aliphatic heterocycles. The van der Waals surface area contributed by atoms with Crippen LogP contribution < -0.4 is 10.6 Å². The predicted molar refractivity (Wildman–Crippen MR) is 44.3 cm³/mol. The van der Waals surface area contributed by atoms with Crippen molar-refractivity contribution < 1.29 is 4.79 Å². The number of nitrogens with one attached hydrogen (secondary N) is 2. The number of hydrogen-bond acceptors (Lipinski definition) is 2. The van der Waals surface area contributed by atoms with Gasteiger partial charge in [-0.15, -0.1) is 0 Å². The summed E-state index contributed by atoms with van der Waals surface area (Å²) in [4.78, 5) is 11.2. The van der Waals surface area contributed by atoms with Gasteiger partial charge < -0.3 is 10.6 Å². The highest BCUT2D eigenvalue weighted by Crippen LogP contribution is 2.14. The first-order valence-corrected chi connectivity index (χ1v) is 4.20. The fraction of sp³-hybridized carbons (Fsp3) is 0.875. The molecule has 1 saturated heterocycles. The Hall–Kier alpha value is -0.570. The molecule has 11 heavy (non-hydrogen) atoms. The Balaban J connectivity index is 2.47. The zero-order valence-electron chi connectivity index (χ0n) is 7.18. The molecule has 64 valence electrons. The number of piperidine rings is 1. The molecule has 1 fully saturated rings. The van der Waals surface area contributed by atoms with Crippen molar-refractivity contribution in [2.24, 2.45) is 5.92 Å². The van der Waals surface area contributed by atoms with Crippen LogP contribution in [-0.4, -0.2) is 25.5 Å². The fourth-order valence-corrected chi connectivity index (χ4v) is 1.56. The molecule has 1 amide bonds. The Morgan fingerprint density at radius 3 is 2.91 bits per heavy atom. The van der Waals surface area contributed by atoms with E-state index in [0.717, 1.165) is 13.0 Å². The smallest absolute Gasteiger partial charge is 0.237 e. The van der Waals surface area contributed by atoms with Crippen LogP contribution in [0, 0.1) is 5.92 Å². The van der Waals surface area contributed by atoms with Crippen molar-refractivity contribution in [3.63, 3.8) is 0 Å². The summed E-state index contributed by atoms with van der Waals surface area (Å²) in [5.41, 5.74) is 0. The Morgan fingerprint density at radius 1 is 1.64 bits per heavy atom. The molecule has 0 aliphatic carbocycles. The summed E-state index contributed by atoms with van der Waals surface area (Å²) in [5.74, 6) is 0.598. The number of amides is 1. The highest BCUT2D eigenvalue weighted by Gasteiger charge is 2.25. The molecule has 3 heteroatoms. The molecular formula is C8H16N2O. The van der Waals surface area contributed by atoms with E-state index >= 15 is 0 Å². The Kier molecular flexibility index (Phi) is 2.88. The average molecular weight is 156 g/mol. The maximum atomic E-state index is 11.2. The molecule has 1 rings (SSSR count). The second-order valence-corrected chi connectivity index (χ2v) is 3.17. The molecular weight excluding hydrogens is 140 g/mol. The summed E-state index contributed by atoms with van der Waals surface area (Å²) in [6.45, 7) is 3.09. The number of rotatable bonds is 1. The van der Waals surface area contributed by atoms with Crippen molar-refractivity contribution in [1.82, 2.24) is 10.6 Å². The van der Waals surface area contributed by atoms with Gasteiger partial charge in [0.2, 0.25) is 5.91 Å². The van der Waals surface area contributed by atoms with E-state index < -0.39 is 0 Å². The third-order valence-corrected chi connectivity index (χ3v) is 2.30. The van der Waals surface area contributed by atoms with Gasteiger partial charge in [-0.2, -0.15) is 0 Å². The third-order valence-electron chi connectivity index (χ3n) is 2.30. The molecule has 2 atom stereocenters. The van der Waals surface area contributed by atoms with Gasteiger partial charge in [-0.1, -0.05) is 6.92 Å². The van der Waals surface area contributed by atoms with E-state index in [9.17, 15) is 4.79 Å². The fourth-order valence-electron chi connectivity index (χ4n) is 1.56. The lowest BCUT2D eigenvalue weighted by atomic mass is 9.92. The van der Waals surface area contributed by atoms with Gasteiger partial charge in [0.15, 0.2) is 0 Å². The molecule has 2 unspecified atom stereocenters. The van der Waals surface area contributed by atoms with Crippen LogP contribution in [0.5, 0.6) is 0 Å². The van der Waals surface area contributed by atoms with E-state index in [-0.39, 0.29) is 11.9 Å². The molecule has 0 bridgehead atoms. The maximum Gasteiger partial charge on any atom is 0.237 e. The minimum absolute atomic E-state index is 0.0359. The first-order chi connectivity index (χ1) is 5.25. The van der Waals surface area contributed by atoms with Gasteiger partial charge in [0.1, 0.15) is 0 Å². The van der Waals surface area contributed by atoms with Crippen LogP contribution in [0.1, 0.15) is 19.8 Å². The minimum Gasteiger partial charge on any atom is -0.358 e. The first-order valence-electron chi connectivity index (χ1n) is 4.20. The SMILES string of the molecule is CNC(=O)C1NCCCC1C. The normalized spacial score (nSPS) is 31.5. The van der Waals surface area contributed by atoms with Crippen molar-refractivity contribution in [1.29, 1.82) is 0 Å². The summed E-state index contributed by atoms with van der Waals surface area (Å²) in [6, 6.07) is 0.0359. The molecule has 0 radical (unpaired) electrons.